The van der Waals surface area contributed by atoms with E-state index < -0.39 is 0 Å². The molecule has 20 heavy (non-hydrogen) atoms. The number of likely N-dealkylation sites (N-methyl/N-ethyl adjacent to an activating group) is 1. The Hall–Kier alpha value is -1.82. The Kier molecular flexibility index (Phi) is 3.85. The third-order valence-electron chi connectivity index (χ3n) is 3.14. The van der Waals surface area contributed by atoms with Crippen molar-refractivity contribution in [1.29, 1.82) is 0 Å². The molecule has 0 radical (unpaired) electrons. The summed E-state index contributed by atoms with van der Waals surface area (Å²) in [6.07, 6.45) is 1.29. The van der Waals surface area contributed by atoms with E-state index in [1.165, 1.54) is 4.90 Å². The molecular weight excluding hydrogens is 258 g/mol. The van der Waals surface area contributed by atoms with Crippen LogP contribution in [0.2, 0.25) is 0 Å². The van der Waals surface area contributed by atoms with Crippen LogP contribution in [0.3, 0.4) is 0 Å². The molecule has 0 aromatic carbocycles. The predicted octanol–water partition coefficient (Wildman–Crippen LogP) is 2.37. The number of aromatic nitrogens is 1. The molecule has 0 aliphatic carbocycles. The zero-order chi connectivity index (χ0) is 14.9. The van der Waals surface area contributed by atoms with Gasteiger partial charge in [-0.1, -0.05) is 32.0 Å². The van der Waals surface area contributed by atoms with E-state index in [1.807, 2.05) is 20.8 Å². The minimum atomic E-state index is -0.372. The number of hydrogen-bond acceptors (Lipinski definition) is 4. The Morgan fingerprint density at radius 2 is 2.30 bits per heavy atom. The van der Waals surface area contributed by atoms with E-state index in [9.17, 15) is 4.79 Å². The summed E-state index contributed by atoms with van der Waals surface area (Å²) in [5.41, 5.74) is -0.155. The fraction of sp³-hybridized carbons (Fsp3) is 0.571. The van der Waals surface area contributed by atoms with Crippen LogP contribution < -0.4 is 4.90 Å². The van der Waals surface area contributed by atoms with Gasteiger partial charge in [-0.15, -0.1) is 6.58 Å². The molecule has 1 fully saturated rings. The maximum atomic E-state index is 12.2. The van der Waals surface area contributed by atoms with E-state index >= 15 is 0 Å². The number of carbonyl (C=O) groups excluding carboxylic acids is 1. The lowest BCUT2D eigenvalue weighted by Crippen LogP contribution is -2.36. The van der Waals surface area contributed by atoms with E-state index in [2.05, 4.69) is 11.7 Å². The normalized spacial score (nSPS) is 19.8. The summed E-state index contributed by atoms with van der Waals surface area (Å²) < 4.78 is 11.0. The van der Waals surface area contributed by atoms with E-state index in [-0.39, 0.29) is 17.7 Å². The molecule has 1 atom stereocenters. The third-order valence-corrected chi connectivity index (χ3v) is 3.14. The first kappa shape index (κ1) is 14.6. The zero-order valence-corrected chi connectivity index (χ0v) is 12.4. The van der Waals surface area contributed by atoms with Gasteiger partial charge in [0.1, 0.15) is 5.76 Å². The highest BCUT2D eigenvalue weighted by atomic mass is 16.5. The van der Waals surface area contributed by atoms with Gasteiger partial charge in [0.05, 0.1) is 13.2 Å². The molecule has 2 heterocycles. The number of carbonyl (C=O) groups is 1. The predicted molar refractivity (Wildman–Crippen MR) is 75.6 cm³/mol. The number of ether oxygens (including phenoxy) is 1. The van der Waals surface area contributed by atoms with Gasteiger partial charge in [-0.3, -0.25) is 0 Å². The van der Waals surface area contributed by atoms with Gasteiger partial charge in [0.25, 0.3) is 0 Å². The number of anilines is 1. The van der Waals surface area contributed by atoms with Gasteiger partial charge in [-0.2, -0.15) is 0 Å². The summed E-state index contributed by atoms with van der Waals surface area (Å²) in [5, 5.41) is 4.01. The standard InChI is InChI=1S/C14H21N3O3/c1-6-7-19-12-9-16(5)13(18)17(12)11-8-10(20-15-11)14(2,3)4/h6,8,12H,1,7,9H2,2-5H3. The highest BCUT2D eigenvalue weighted by Crippen LogP contribution is 2.29. The third kappa shape index (κ3) is 2.70. The van der Waals surface area contributed by atoms with Gasteiger partial charge >= 0.3 is 6.03 Å². The first-order valence-electron chi connectivity index (χ1n) is 6.58. The zero-order valence-electron chi connectivity index (χ0n) is 12.4. The second kappa shape index (κ2) is 5.28. The SMILES string of the molecule is C=CCOC1CN(C)C(=O)N1c1cc(C(C)(C)C)on1. The Morgan fingerprint density at radius 3 is 2.85 bits per heavy atom. The summed E-state index contributed by atoms with van der Waals surface area (Å²) in [6, 6.07) is 1.65. The Bertz CT molecular complexity index is 504. The number of rotatable bonds is 4. The molecule has 6 heteroatoms. The molecule has 1 saturated heterocycles. The summed E-state index contributed by atoms with van der Waals surface area (Å²) in [4.78, 5) is 15.3. The van der Waals surface area contributed by atoms with Gasteiger partial charge in [0.2, 0.25) is 0 Å². The van der Waals surface area contributed by atoms with Crippen LogP contribution in [0.5, 0.6) is 0 Å². The van der Waals surface area contributed by atoms with Crippen LogP contribution in [-0.2, 0) is 10.2 Å². The van der Waals surface area contributed by atoms with E-state index in [4.69, 9.17) is 9.26 Å². The van der Waals surface area contributed by atoms with Crippen LogP contribution in [0.15, 0.2) is 23.2 Å². The van der Waals surface area contributed by atoms with Crippen LogP contribution in [0.4, 0.5) is 10.6 Å². The Balaban J connectivity index is 2.25. The molecule has 110 valence electrons. The van der Waals surface area contributed by atoms with Gasteiger partial charge < -0.3 is 14.2 Å². The lowest BCUT2D eigenvalue weighted by Gasteiger charge is -2.19. The summed E-state index contributed by atoms with van der Waals surface area (Å²) in [7, 11) is 1.73. The van der Waals surface area contributed by atoms with Crippen LogP contribution in [-0.4, -0.2) is 42.5 Å². The van der Waals surface area contributed by atoms with Crippen molar-refractivity contribution in [3.05, 3.63) is 24.5 Å². The molecule has 1 aliphatic rings. The Labute approximate surface area is 119 Å². The van der Waals surface area contributed by atoms with Gasteiger partial charge in [-0.05, 0) is 0 Å². The molecule has 2 rings (SSSR count). The van der Waals surface area contributed by atoms with Crippen LogP contribution >= 0.6 is 0 Å². The average molecular weight is 279 g/mol. The van der Waals surface area contributed by atoms with E-state index in [0.717, 1.165) is 5.76 Å². The number of hydrogen-bond donors (Lipinski definition) is 0. The molecule has 1 unspecified atom stereocenters. The van der Waals surface area contributed by atoms with E-state index in [1.54, 1.807) is 24.1 Å². The number of urea groups is 1. The summed E-state index contributed by atoms with van der Waals surface area (Å²) >= 11 is 0. The van der Waals surface area contributed by atoms with Crippen molar-refractivity contribution >= 4 is 11.8 Å². The first-order valence-corrected chi connectivity index (χ1v) is 6.58. The molecule has 1 aliphatic heterocycles. The van der Waals surface area contributed by atoms with Crippen LogP contribution in [0.25, 0.3) is 0 Å². The molecule has 0 spiro atoms. The van der Waals surface area contributed by atoms with E-state index in [0.29, 0.717) is 19.0 Å². The number of nitrogens with zero attached hydrogens (tertiary/aromatic N) is 3. The minimum Gasteiger partial charge on any atom is -0.359 e. The summed E-state index contributed by atoms with van der Waals surface area (Å²) in [5.74, 6) is 1.22. The number of amides is 2. The maximum Gasteiger partial charge on any atom is 0.327 e. The monoisotopic (exact) mass is 279 g/mol. The van der Waals surface area contributed by atoms with Crippen molar-refractivity contribution in [1.82, 2.24) is 10.1 Å². The highest BCUT2D eigenvalue weighted by Gasteiger charge is 2.39. The minimum absolute atomic E-state index is 0.146. The molecular formula is C14H21N3O3. The lowest BCUT2D eigenvalue weighted by atomic mass is 9.93. The van der Waals surface area contributed by atoms with Crippen molar-refractivity contribution in [3.8, 4) is 0 Å². The van der Waals surface area contributed by atoms with Crippen molar-refractivity contribution in [2.24, 2.45) is 0 Å². The first-order chi connectivity index (χ1) is 9.34. The van der Waals surface area contributed by atoms with Crippen LogP contribution in [0.1, 0.15) is 26.5 Å². The van der Waals surface area contributed by atoms with Crippen LogP contribution in [0, 0.1) is 0 Å². The molecule has 0 bridgehead atoms. The van der Waals surface area contributed by atoms with Gasteiger partial charge in [0.15, 0.2) is 12.0 Å². The second-order valence-corrected chi connectivity index (χ2v) is 5.91. The Morgan fingerprint density at radius 1 is 1.60 bits per heavy atom. The highest BCUT2D eigenvalue weighted by molar-refractivity contribution is 5.93. The van der Waals surface area contributed by atoms with Crippen molar-refractivity contribution in [2.75, 3.05) is 25.1 Å². The van der Waals surface area contributed by atoms with Crippen molar-refractivity contribution in [3.63, 3.8) is 0 Å². The molecule has 2 amide bonds. The largest absolute Gasteiger partial charge is 0.359 e. The smallest absolute Gasteiger partial charge is 0.327 e. The molecule has 1 aromatic heterocycles. The fourth-order valence-corrected chi connectivity index (χ4v) is 1.99. The molecule has 6 nitrogen and oxygen atoms in total. The molecule has 0 N–H and O–H groups in total. The van der Waals surface area contributed by atoms with Gasteiger partial charge in [-0.25, -0.2) is 9.69 Å². The van der Waals surface area contributed by atoms with Gasteiger partial charge in [0, 0.05) is 18.5 Å². The maximum absolute atomic E-state index is 12.2. The quantitative estimate of drug-likeness (QED) is 0.794. The average Bonchev–Trinajstić information content (AvgIpc) is 2.93. The fourth-order valence-electron chi connectivity index (χ4n) is 1.99. The lowest BCUT2D eigenvalue weighted by molar-refractivity contribution is 0.0830. The topological polar surface area (TPSA) is 58.8 Å². The van der Waals surface area contributed by atoms with Crippen molar-refractivity contribution < 1.29 is 14.1 Å². The second-order valence-electron chi connectivity index (χ2n) is 5.91. The summed E-state index contributed by atoms with van der Waals surface area (Å²) in [6.45, 7) is 10.6. The molecule has 0 saturated carbocycles. The van der Waals surface area contributed by atoms with Crippen molar-refractivity contribution in [2.45, 2.75) is 32.4 Å². The molecule has 1 aromatic rings.